The van der Waals surface area contributed by atoms with Crippen molar-refractivity contribution in [2.45, 2.75) is 44.0 Å². The Kier molecular flexibility index (Phi) is 6.05. The third kappa shape index (κ3) is 3.98. The number of aryl methyl sites for hydroxylation is 1. The largest absolute Gasteiger partial charge is 0.381 e. The third-order valence-electron chi connectivity index (χ3n) is 7.69. The summed E-state index contributed by atoms with van der Waals surface area (Å²) in [5, 5.41) is 0. The molecule has 4 atom stereocenters. The lowest BCUT2D eigenvalue weighted by Crippen LogP contribution is -2.52. The molecule has 0 bridgehead atoms. The molecule has 1 aromatic rings. The van der Waals surface area contributed by atoms with Gasteiger partial charge in [-0.3, -0.25) is 14.9 Å². The van der Waals surface area contributed by atoms with Crippen LogP contribution in [0.15, 0.2) is 47.4 Å². The summed E-state index contributed by atoms with van der Waals surface area (Å²) in [4.78, 5) is 19.8. The minimum absolute atomic E-state index is 0.220. The second kappa shape index (κ2) is 8.96. The highest BCUT2D eigenvalue weighted by Crippen LogP contribution is 2.38. The standard InChI is InChI=1S/C25H36N6O/c1-18-7-6-10-26-25(18)22-16-19(32-4)15-21(29(22)3)20-17-31-23(27-20)8-5-9-24(31)30-13-11-28(2)12-14-30/h5-10,19-22H,11-17H2,1-4H3/t19-,20?,21-,22+/m1/s1. The summed E-state index contributed by atoms with van der Waals surface area (Å²) in [7, 11) is 6.30. The number of nitrogens with zero attached hydrogens (tertiary/aromatic N) is 6. The Morgan fingerprint density at radius 2 is 1.91 bits per heavy atom. The molecule has 7 heteroatoms. The number of likely N-dealkylation sites (tertiary alicyclic amines) is 1. The van der Waals surface area contributed by atoms with Gasteiger partial charge in [-0.2, -0.15) is 0 Å². The van der Waals surface area contributed by atoms with Crippen LogP contribution in [0.5, 0.6) is 0 Å². The van der Waals surface area contributed by atoms with E-state index in [0.717, 1.165) is 51.4 Å². The van der Waals surface area contributed by atoms with Crippen LogP contribution in [-0.2, 0) is 4.74 Å². The minimum atomic E-state index is 0.220. The van der Waals surface area contributed by atoms with Crippen molar-refractivity contribution in [3.05, 3.63) is 53.6 Å². The molecule has 172 valence electrons. The molecule has 5 heterocycles. The highest BCUT2D eigenvalue weighted by atomic mass is 16.5. The summed E-state index contributed by atoms with van der Waals surface area (Å²) < 4.78 is 5.91. The Hall–Kier alpha value is -2.22. The monoisotopic (exact) mass is 436 g/mol. The number of likely N-dealkylation sites (N-methyl/N-ethyl adjacent to an activating group) is 2. The third-order valence-corrected chi connectivity index (χ3v) is 7.69. The van der Waals surface area contributed by atoms with E-state index >= 15 is 0 Å². The summed E-state index contributed by atoms with van der Waals surface area (Å²) >= 11 is 0. The van der Waals surface area contributed by atoms with E-state index in [1.54, 1.807) is 0 Å². The molecule has 0 amide bonds. The number of ether oxygens (including phenoxy) is 1. The molecule has 4 aliphatic heterocycles. The lowest BCUT2D eigenvalue weighted by atomic mass is 9.87. The van der Waals surface area contributed by atoms with Crippen LogP contribution in [0, 0.1) is 6.92 Å². The molecule has 7 nitrogen and oxygen atoms in total. The fourth-order valence-electron chi connectivity index (χ4n) is 5.68. The van der Waals surface area contributed by atoms with Gasteiger partial charge in [-0.25, -0.2) is 0 Å². The highest BCUT2D eigenvalue weighted by Gasteiger charge is 2.43. The van der Waals surface area contributed by atoms with Crippen LogP contribution < -0.4 is 0 Å². The Morgan fingerprint density at radius 1 is 1.09 bits per heavy atom. The fourth-order valence-corrected chi connectivity index (χ4v) is 5.68. The van der Waals surface area contributed by atoms with Gasteiger partial charge in [0, 0.05) is 52.1 Å². The zero-order chi connectivity index (χ0) is 22.2. The molecule has 0 saturated carbocycles. The van der Waals surface area contributed by atoms with Crippen LogP contribution in [0.25, 0.3) is 0 Å². The lowest BCUT2D eigenvalue weighted by molar-refractivity contribution is -0.0194. The highest BCUT2D eigenvalue weighted by molar-refractivity contribution is 5.97. The van der Waals surface area contributed by atoms with Gasteiger partial charge in [0.15, 0.2) is 0 Å². The molecule has 2 fully saturated rings. The van der Waals surface area contributed by atoms with Gasteiger partial charge in [0.2, 0.25) is 0 Å². The first-order chi connectivity index (χ1) is 15.5. The normalized spacial score (nSPS) is 31.5. The maximum absolute atomic E-state index is 5.91. The van der Waals surface area contributed by atoms with E-state index in [1.165, 1.54) is 17.1 Å². The van der Waals surface area contributed by atoms with Crippen molar-refractivity contribution in [1.82, 2.24) is 24.6 Å². The minimum Gasteiger partial charge on any atom is -0.381 e. The first-order valence-electron chi connectivity index (χ1n) is 11.9. The number of hydrogen-bond acceptors (Lipinski definition) is 7. The Morgan fingerprint density at radius 3 is 2.66 bits per heavy atom. The predicted octanol–water partition coefficient (Wildman–Crippen LogP) is 2.28. The molecule has 5 rings (SSSR count). The lowest BCUT2D eigenvalue weighted by Gasteiger charge is -2.45. The van der Waals surface area contributed by atoms with E-state index in [1.807, 2.05) is 19.4 Å². The Bertz CT molecular complexity index is 919. The van der Waals surface area contributed by atoms with Crippen LogP contribution in [0.4, 0.5) is 0 Å². The quantitative estimate of drug-likeness (QED) is 0.722. The fraction of sp³-hybridized carbons (Fsp3) is 0.600. The van der Waals surface area contributed by atoms with Crippen molar-refractivity contribution in [1.29, 1.82) is 0 Å². The van der Waals surface area contributed by atoms with E-state index in [0.29, 0.717) is 6.04 Å². The van der Waals surface area contributed by atoms with E-state index in [4.69, 9.17) is 14.7 Å². The van der Waals surface area contributed by atoms with Crippen LogP contribution in [0.3, 0.4) is 0 Å². The first kappa shape index (κ1) is 21.6. The van der Waals surface area contributed by atoms with E-state index in [-0.39, 0.29) is 18.2 Å². The molecule has 0 spiro atoms. The molecular weight excluding hydrogens is 400 g/mol. The number of amidine groups is 1. The smallest absolute Gasteiger partial charge is 0.129 e. The second-order valence-corrected chi connectivity index (χ2v) is 9.62. The molecule has 0 aromatic carbocycles. The van der Waals surface area contributed by atoms with Crippen molar-refractivity contribution in [3.8, 4) is 0 Å². The average Bonchev–Trinajstić information content (AvgIpc) is 3.25. The Labute approximate surface area is 192 Å². The van der Waals surface area contributed by atoms with Gasteiger partial charge in [-0.1, -0.05) is 12.1 Å². The molecule has 0 aliphatic carbocycles. The number of aliphatic imine (C=N–C) groups is 1. The number of piperazine rings is 1. The van der Waals surface area contributed by atoms with Crippen LogP contribution in [0.2, 0.25) is 0 Å². The van der Waals surface area contributed by atoms with Crippen molar-refractivity contribution in [3.63, 3.8) is 0 Å². The number of aromatic nitrogens is 1. The molecule has 32 heavy (non-hydrogen) atoms. The summed E-state index contributed by atoms with van der Waals surface area (Å²) in [6, 6.07) is 4.97. The molecule has 0 N–H and O–H groups in total. The van der Waals surface area contributed by atoms with Gasteiger partial charge in [0.25, 0.3) is 0 Å². The number of fused-ring (bicyclic) bond motifs is 1. The SMILES string of the molecule is CO[C@@H]1C[C@H](C2CN3C(N4CCN(C)CC4)=CC=CC3=N2)N(C)[C@H](c2ncccc2C)C1. The van der Waals surface area contributed by atoms with Gasteiger partial charge < -0.3 is 19.4 Å². The predicted molar refractivity (Wildman–Crippen MR) is 128 cm³/mol. The van der Waals surface area contributed by atoms with Crippen LogP contribution in [0.1, 0.15) is 30.1 Å². The molecule has 1 aromatic heterocycles. The number of piperidine rings is 1. The van der Waals surface area contributed by atoms with Crippen molar-refractivity contribution >= 4 is 5.84 Å². The summed E-state index contributed by atoms with van der Waals surface area (Å²) in [5.41, 5.74) is 2.42. The van der Waals surface area contributed by atoms with Crippen LogP contribution in [-0.4, -0.2) is 103 Å². The maximum atomic E-state index is 5.91. The van der Waals surface area contributed by atoms with E-state index in [9.17, 15) is 0 Å². The van der Waals surface area contributed by atoms with Crippen molar-refractivity contribution < 1.29 is 4.74 Å². The second-order valence-electron chi connectivity index (χ2n) is 9.62. The molecule has 4 aliphatic rings. The van der Waals surface area contributed by atoms with Gasteiger partial charge in [-0.15, -0.1) is 0 Å². The van der Waals surface area contributed by atoms with Crippen molar-refractivity contribution in [2.75, 3.05) is 53.9 Å². The van der Waals surface area contributed by atoms with E-state index in [2.05, 4.69) is 64.9 Å². The number of allylic oxidation sites excluding steroid dienone is 2. The van der Waals surface area contributed by atoms with Gasteiger partial charge in [0.1, 0.15) is 11.7 Å². The topological polar surface area (TPSA) is 47.4 Å². The number of methoxy groups -OCH3 is 1. The number of pyridine rings is 1. The van der Waals surface area contributed by atoms with Crippen LogP contribution >= 0.6 is 0 Å². The molecule has 0 radical (unpaired) electrons. The van der Waals surface area contributed by atoms with Gasteiger partial charge >= 0.3 is 0 Å². The van der Waals surface area contributed by atoms with E-state index < -0.39 is 0 Å². The average molecular weight is 437 g/mol. The summed E-state index contributed by atoms with van der Waals surface area (Å²) in [6.07, 6.45) is 10.7. The zero-order valence-corrected chi connectivity index (χ0v) is 19.8. The number of hydrogen-bond donors (Lipinski definition) is 0. The molecule has 2 saturated heterocycles. The van der Waals surface area contributed by atoms with Gasteiger partial charge in [0.05, 0.1) is 23.9 Å². The number of rotatable bonds is 4. The van der Waals surface area contributed by atoms with Crippen molar-refractivity contribution in [2.24, 2.45) is 4.99 Å². The first-order valence-corrected chi connectivity index (χ1v) is 11.9. The molecule has 1 unspecified atom stereocenters. The maximum Gasteiger partial charge on any atom is 0.129 e. The zero-order valence-electron chi connectivity index (χ0n) is 19.8. The summed E-state index contributed by atoms with van der Waals surface area (Å²) in [5.74, 6) is 2.41. The summed E-state index contributed by atoms with van der Waals surface area (Å²) in [6.45, 7) is 7.45. The van der Waals surface area contributed by atoms with Gasteiger partial charge in [-0.05, 0) is 57.6 Å². The Balaban J connectivity index is 1.37. The molecular formula is C25H36N6O.